The minimum Gasteiger partial charge on any atom is -0.258 e. The molecule has 0 aliphatic carbocycles. The lowest BCUT2D eigenvalue weighted by Gasteiger charge is -2.11. The zero-order chi connectivity index (χ0) is 15.5. The minimum atomic E-state index is -3.38. The summed E-state index contributed by atoms with van der Waals surface area (Å²) in [5, 5.41) is 10.6. The summed E-state index contributed by atoms with van der Waals surface area (Å²) in [6.45, 7) is 0. The van der Waals surface area contributed by atoms with Crippen molar-refractivity contribution < 1.29 is 13.3 Å². The summed E-state index contributed by atoms with van der Waals surface area (Å²) in [7, 11) is -3.38. The van der Waals surface area contributed by atoms with Crippen LogP contribution in [-0.2, 0) is 9.84 Å². The maximum Gasteiger partial charge on any atom is 0.269 e. The number of hydrogen-bond acceptors (Lipinski definition) is 4. The third kappa shape index (κ3) is 4.01. The van der Waals surface area contributed by atoms with Crippen molar-refractivity contribution in [3.8, 4) is 0 Å². The number of nitro groups is 1. The van der Waals surface area contributed by atoms with E-state index in [0.29, 0.717) is 0 Å². The largest absolute Gasteiger partial charge is 0.269 e. The molecule has 0 heterocycles. The quantitative estimate of drug-likeness (QED) is 0.323. The van der Waals surface area contributed by atoms with Gasteiger partial charge in [-0.25, -0.2) is 8.42 Å². The van der Waals surface area contributed by atoms with E-state index in [1.165, 1.54) is 12.1 Å². The fraction of sp³-hybridized carbons (Fsp3) is 0.143. The first kappa shape index (κ1) is 15.9. The number of benzene rings is 2. The zero-order valence-corrected chi connectivity index (χ0v) is 13.8. The van der Waals surface area contributed by atoms with Crippen LogP contribution in [0.2, 0.25) is 0 Å². The van der Waals surface area contributed by atoms with Gasteiger partial charge in [0, 0.05) is 12.1 Å². The molecule has 110 valence electrons. The van der Waals surface area contributed by atoms with Crippen LogP contribution in [0.1, 0.15) is 9.49 Å². The van der Waals surface area contributed by atoms with Crippen LogP contribution in [0.3, 0.4) is 0 Å². The predicted molar refractivity (Wildman–Crippen MR) is 88.4 cm³/mol. The van der Waals surface area contributed by atoms with Crippen molar-refractivity contribution in [3.05, 3.63) is 70.3 Å². The van der Waals surface area contributed by atoms with Crippen LogP contribution < -0.4 is 0 Å². The number of rotatable bonds is 5. The maximum atomic E-state index is 12.3. The highest BCUT2D eigenvalue weighted by Gasteiger charge is 2.21. The first-order valence-electron chi connectivity index (χ1n) is 6.06. The van der Waals surface area contributed by atoms with E-state index in [-0.39, 0.29) is 20.3 Å². The highest BCUT2D eigenvalue weighted by Crippen LogP contribution is 2.28. The standard InChI is InChI=1S/C14H12INO4S/c15-14(11-6-8-12(9-7-11)16(17)18)10-21(19,20)13-4-2-1-3-5-13/h1-9,14H,10H2. The molecule has 2 rings (SSSR count). The monoisotopic (exact) mass is 417 g/mol. The van der Waals surface area contributed by atoms with Gasteiger partial charge in [-0.15, -0.1) is 0 Å². The number of alkyl halides is 1. The normalized spacial score (nSPS) is 12.8. The topological polar surface area (TPSA) is 77.3 Å². The first-order chi connectivity index (χ1) is 9.90. The van der Waals surface area contributed by atoms with Gasteiger partial charge in [0.25, 0.3) is 5.69 Å². The Morgan fingerprint density at radius 3 is 2.14 bits per heavy atom. The molecule has 2 aromatic rings. The van der Waals surface area contributed by atoms with Crippen molar-refractivity contribution in [2.75, 3.05) is 5.75 Å². The molecule has 21 heavy (non-hydrogen) atoms. The van der Waals surface area contributed by atoms with E-state index in [9.17, 15) is 18.5 Å². The SMILES string of the molecule is O=[N+]([O-])c1ccc(C(I)CS(=O)(=O)c2ccccc2)cc1. The fourth-order valence-corrected chi connectivity index (χ4v) is 5.00. The van der Waals surface area contributed by atoms with Gasteiger partial charge in [0.2, 0.25) is 0 Å². The van der Waals surface area contributed by atoms with E-state index in [4.69, 9.17) is 0 Å². The molecule has 0 saturated carbocycles. The Bertz CT molecular complexity index is 729. The van der Waals surface area contributed by atoms with Crippen LogP contribution in [0.4, 0.5) is 5.69 Å². The predicted octanol–water partition coefficient (Wildman–Crippen LogP) is 3.54. The summed E-state index contributed by atoms with van der Waals surface area (Å²) in [6.07, 6.45) is 0. The summed E-state index contributed by atoms with van der Waals surface area (Å²) in [4.78, 5) is 10.4. The van der Waals surface area contributed by atoms with Crippen molar-refractivity contribution in [2.24, 2.45) is 0 Å². The van der Waals surface area contributed by atoms with Gasteiger partial charge in [-0.2, -0.15) is 0 Å². The van der Waals surface area contributed by atoms with Gasteiger partial charge < -0.3 is 0 Å². The summed E-state index contributed by atoms with van der Waals surface area (Å²) < 4.78 is 24.3. The van der Waals surface area contributed by atoms with Gasteiger partial charge in [0.1, 0.15) is 0 Å². The molecule has 0 fully saturated rings. The first-order valence-corrected chi connectivity index (χ1v) is 8.96. The molecule has 0 aliphatic rings. The molecule has 1 atom stereocenters. The van der Waals surface area contributed by atoms with E-state index in [1.807, 2.05) is 22.6 Å². The summed E-state index contributed by atoms with van der Waals surface area (Å²) in [5.41, 5.74) is 0.744. The van der Waals surface area contributed by atoms with Crippen LogP contribution in [0.15, 0.2) is 59.5 Å². The van der Waals surface area contributed by atoms with Crippen molar-refractivity contribution in [1.29, 1.82) is 0 Å². The number of nitro benzene ring substituents is 1. The van der Waals surface area contributed by atoms with Gasteiger partial charge in [-0.1, -0.05) is 52.9 Å². The zero-order valence-electron chi connectivity index (χ0n) is 10.8. The van der Waals surface area contributed by atoms with Crippen LogP contribution in [0.25, 0.3) is 0 Å². The Kier molecular flexibility index (Phi) is 4.94. The van der Waals surface area contributed by atoms with E-state index in [2.05, 4.69) is 0 Å². The molecule has 0 spiro atoms. The molecule has 2 aromatic carbocycles. The molecule has 0 amide bonds. The number of halogens is 1. The molecule has 1 unspecified atom stereocenters. The van der Waals surface area contributed by atoms with Crippen LogP contribution in [0, 0.1) is 10.1 Å². The van der Waals surface area contributed by atoms with E-state index < -0.39 is 14.8 Å². The number of hydrogen-bond donors (Lipinski definition) is 0. The average molecular weight is 417 g/mol. The highest BCUT2D eigenvalue weighted by atomic mass is 127. The van der Waals surface area contributed by atoms with Crippen molar-refractivity contribution >= 4 is 38.1 Å². The highest BCUT2D eigenvalue weighted by molar-refractivity contribution is 14.1. The molecule has 7 heteroatoms. The molecule has 0 N–H and O–H groups in total. The lowest BCUT2D eigenvalue weighted by atomic mass is 10.1. The van der Waals surface area contributed by atoms with Gasteiger partial charge in [0.05, 0.1) is 19.5 Å². The average Bonchev–Trinajstić information content (AvgIpc) is 2.48. The van der Waals surface area contributed by atoms with Gasteiger partial charge in [0.15, 0.2) is 9.84 Å². The number of sulfone groups is 1. The molecule has 0 bridgehead atoms. The van der Waals surface area contributed by atoms with Crippen molar-refractivity contribution in [1.82, 2.24) is 0 Å². The molecule has 0 aromatic heterocycles. The van der Waals surface area contributed by atoms with E-state index in [0.717, 1.165) is 5.56 Å². The second kappa shape index (κ2) is 6.52. The molecule has 0 saturated heterocycles. The minimum absolute atomic E-state index is 0.00623. The Balaban J connectivity index is 2.18. The van der Waals surface area contributed by atoms with Crippen LogP contribution in [0.5, 0.6) is 0 Å². The Morgan fingerprint density at radius 2 is 1.62 bits per heavy atom. The molecule has 0 aliphatic heterocycles. The van der Waals surface area contributed by atoms with Crippen LogP contribution in [-0.4, -0.2) is 19.1 Å². The molecular weight excluding hydrogens is 405 g/mol. The summed E-state index contributed by atoms with van der Waals surface area (Å²) in [6, 6.07) is 14.2. The van der Waals surface area contributed by atoms with E-state index in [1.54, 1.807) is 42.5 Å². The fourth-order valence-electron chi connectivity index (χ4n) is 1.82. The number of non-ortho nitro benzene ring substituents is 1. The van der Waals surface area contributed by atoms with Gasteiger partial charge in [-0.3, -0.25) is 10.1 Å². The molecule has 0 radical (unpaired) electrons. The third-order valence-corrected chi connectivity index (χ3v) is 6.45. The van der Waals surface area contributed by atoms with Crippen molar-refractivity contribution in [2.45, 2.75) is 8.82 Å². The third-order valence-electron chi connectivity index (χ3n) is 2.93. The van der Waals surface area contributed by atoms with Gasteiger partial charge >= 0.3 is 0 Å². The van der Waals surface area contributed by atoms with Crippen LogP contribution >= 0.6 is 22.6 Å². The van der Waals surface area contributed by atoms with Gasteiger partial charge in [-0.05, 0) is 17.7 Å². The summed E-state index contributed by atoms with van der Waals surface area (Å²) in [5.74, 6) is -0.0462. The lowest BCUT2D eigenvalue weighted by molar-refractivity contribution is -0.384. The lowest BCUT2D eigenvalue weighted by Crippen LogP contribution is -2.11. The smallest absolute Gasteiger partial charge is 0.258 e. The maximum absolute atomic E-state index is 12.3. The second-order valence-electron chi connectivity index (χ2n) is 4.41. The number of nitrogens with zero attached hydrogens (tertiary/aromatic N) is 1. The molecular formula is C14H12INO4S. The van der Waals surface area contributed by atoms with E-state index >= 15 is 0 Å². The second-order valence-corrected chi connectivity index (χ2v) is 7.95. The molecule has 5 nitrogen and oxygen atoms in total. The Morgan fingerprint density at radius 1 is 1.05 bits per heavy atom. The summed E-state index contributed by atoms with van der Waals surface area (Å²) >= 11 is 2.04. The Hall–Kier alpha value is -1.48. The Labute approximate surface area is 136 Å². The van der Waals surface area contributed by atoms with Crippen molar-refractivity contribution in [3.63, 3.8) is 0 Å².